The van der Waals surface area contributed by atoms with E-state index in [0.29, 0.717) is 17.3 Å². The van der Waals surface area contributed by atoms with Crippen molar-refractivity contribution in [1.29, 1.82) is 0 Å². The lowest BCUT2D eigenvalue weighted by atomic mass is 9.89. The van der Waals surface area contributed by atoms with Crippen molar-refractivity contribution in [2.45, 2.75) is 36.3 Å². The lowest BCUT2D eigenvalue weighted by Crippen LogP contribution is -2.35. The Morgan fingerprint density at radius 2 is 1.84 bits per heavy atom. The number of halogens is 1. The zero-order valence-electron chi connectivity index (χ0n) is 10.9. The molecule has 1 N–H and O–H groups in total. The van der Waals surface area contributed by atoms with Gasteiger partial charge in [0.15, 0.2) is 0 Å². The zero-order valence-corrected chi connectivity index (χ0v) is 13.3. The molecule has 1 aliphatic rings. The maximum absolute atomic E-state index is 12.0. The van der Waals surface area contributed by atoms with Crippen LogP contribution in [0.4, 0.5) is 0 Å². The largest absolute Gasteiger partial charge is 0.215 e. The summed E-state index contributed by atoms with van der Waals surface area (Å²) in [5.74, 6) is 0.479. The Hall–Kier alpha value is -0.390. The molecule has 1 aromatic rings. The number of hydrogen-bond donors (Lipinski definition) is 1. The fourth-order valence-corrected chi connectivity index (χ4v) is 4.45. The molecule has 0 radical (unpaired) electrons. The van der Waals surface area contributed by atoms with E-state index >= 15 is 0 Å². The first kappa shape index (κ1) is 15.0. The van der Waals surface area contributed by atoms with Crippen molar-refractivity contribution in [3.63, 3.8) is 0 Å². The van der Waals surface area contributed by atoms with E-state index in [2.05, 4.69) is 20.7 Å². The van der Waals surface area contributed by atoms with Gasteiger partial charge in [0.2, 0.25) is 10.0 Å². The summed E-state index contributed by atoms with van der Waals surface area (Å²) >= 11 is 3.65. The highest BCUT2D eigenvalue weighted by atomic mass is 79.9. The summed E-state index contributed by atoms with van der Waals surface area (Å²) in [5.41, 5.74) is 0.828. The molecule has 2 unspecified atom stereocenters. The van der Waals surface area contributed by atoms with Gasteiger partial charge in [0.05, 0.1) is 5.75 Å². The van der Waals surface area contributed by atoms with Crippen LogP contribution >= 0.6 is 15.9 Å². The fraction of sp³-hybridized carbons (Fsp3) is 0.571. The van der Waals surface area contributed by atoms with E-state index in [-0.39, 0.29) is 5.75 Å². The minimum absolute atomic E-state index is 0.0630. The van der Waals surface area contributed by atoms with Crippen molar-refractivity contribution < 1.29 is 8.42 Å². The molecule has 106 valence electrons. The van der Waals surface area contributed by atoms with Crippen LogP contribution in [0.1, 0.15) is 31.2 Å². The topological polar surface area (TPSA) is 46.2 Å². The molecule has 1 aliphatic carbocycles. The monoisotopic (exact) mass is 345 g/mol. The summed E-state index contributed by atoms with van der Waals surface area (Å²) < 4.78 is 26.8. The highest BCUT2D eigenvalue weighted by Gasteiger charge is 2.24. The van der Waals surface area contributed by atoms with E-state index in [1.807, 2.05) is 30.3 Å². The predicted octanol–water partition coefficient (Wildman–Crippen LogP) is 3.06. The second kappa shape index (κ2) is 6.86. The van der Waals surface area contributed by atoms with Gasteiger partial charge in [0, 0.05) is 11.4 Å². The summed E-state index contributed by atoms with van der Waals surface area (Å²) in [6, 6.07) is 9.29. The lowest BCUT2D eigenvalue weighted by Gasteiger charge is -2.27. The molecule has 2 atom stereocenters. The number of alkyl halides is 1. The third-order valence-corrected chi connectivity index (χ3v) is 6.11. The predicted molar refractivity (Wildman–Crippen MR) is 81.7 cm³/mol. The van der Waals surface area contributed by atoms with Crippen LogP contribution in [0.5, 0.6) is 0 Å². The highest BCUT2D eigenvalue weighted by Crippen LogP contribution is 2.29. The van der Waals surface area contributed by atoms with Crippen molar-refractivity contribution in [2.75, 3.05) is 6.54 Å². The Kier molecular flexibility index (Phi) is 5.42. The molecule has 0 amide bonds. The number of sulfonamides is 1. The lowest BCUT2D eigenvalue weighted by molar-refractivity contribution is 0.373. The van der Waals surface area contributed by atoms with Gasteiger partial charge >= 0.3 is 0 Å². The summed E-state index contributed by atoms with van der Waals surface area (Å²) in [5, 5.41) is 0. The SMILES string of the molecule is O=S(=O)(Cc1ccccc1)NCC1CCCCC1Br. The van der Waals surface area contributed by atoms with Crippen LogP contribution in [0.3, 0.4) is 0 Å². The summed E-state index contributed by atoms with van der Waals surface area (Å²) in [6.45, 7) is 0.547. The third-order valence-electron chi connectivity index (χ3n) is 3.58. The number of benzene rings is 1. The van der Waals surface area contributed by atoms with E-state index < -0.39 is 10.0 Å². The van der Waals surface area contributed by atoms with E-state index in [4.69, 9.17) is 0 Å². The second-order valence-corrected chi connectivity index (χ2v) is 8.14. The highest BCUT2D eigenvalue weighted by molar-refractivity contribution is 9.09. The van der Waals surface area contributed by atoms with Crippen LogP contribution in [0.2, 0.25) is 0 Å². The van der Waals surface area contributed by atoms with Crippen molar-refractivity contribution in [3.8, 4) is 0 Å². The van der Waals surface area contributed by atoms with Gasteiger partial charge in [0.1, 0.15) is 0 Å². The Morgan fingerprint density at radius 1 is 1.16 bits per heavy atom. The molecule has 1 aromatic carbocycles. The van der Waals surface area contributed by atoms with Crippen LogP contribution in [-0.4, -0.2) is 19.8 Å². The van der Waals surface area contributed by atoms with E-state index in [1.165, 1.54) is 12.8 Å². The number of nitrogens with one attached hydrogen (secondary N) is 1. The molecular formula is C14H20BrNO2S. The van der Waals surface area contributed by atoms with Gasteiger partial charge in [-0.1, -0.05) is 59.1 Å². The Morgan fingerprint density at radius 3 is 2.53 bits per heavy atom. The van der Waals surface area contributed by atoms with Crippen LogP contribution in [0.15, 0.2) is 30.3 Å². The van der Waals surface area contributed by atoms with Gasteiger partial charge in [-0.3, -0.25) is 0 Å². The maximum atomic E-state index is 12.0. The van der Waals surface area contributed by atoms with Gasteiger partial charge < -0.3 is 0 Å². The number of hydrogen-bond acceptors (Lipinski definition) is 2. The molecule has 0 heterocycles. The average molecular weight is 346 g/mol. The average Bonchev–Trinajstić information content (AvgIpc) is 2.38. The molecule has 0 aromatic heterocycles. The standard InChI is InChI=1S/C14H20BrNO2S/c15-14-9-5-4-8-13(14)10-16-19(17,18)11-12-6-2-1-3-7-12/h1-3,6-7,13-14,16H,4-5,8-11H2. The van der Waals surface area contributed by atoms with Gasteiger partial charge in [-0.2, -0.15) is 0 Å². The second-order valence-electron chi connectivity index (χ2n) is 5.15. The molecular weight excluding hydrogens is 326 g/mol. The molecule has 0 spiro atoms. The van der Waals surface area contributed by atoms with Crippen molar-refractivity contribution in [2.24, 2.45) is 5.92 Å². The normalized spacial score (nSPS) is 24.3. The van der Waals surface area contributed by atoms with E-state index in [1.54, 1.807) is 0 Å². The zero-order chi connectivity index (χ0) is 13.7. The molecule has 2 rings (SSSR count). The first-order valence-corrected chi connectivity index (χ1v) is 9.29. The third kappa shape index (κ3) is 4.89. The van der Waals surface area contributed by atoms with Gasteiger partial charge in [-0.25, -0.2) is 13.1 Å². The molecule has 0 aliphatic heterocycles. The van der Waals surface area contributed by atoms with Gasteiger partial charge in [-0.05, 0) is 24.3 Å². The Bertz CT molecular complexity index is 489. The van der Waals surface area contributed by atoms with Gasteiger partial charge in [-0.15, -0.1) is 0 Å². The Balaban J connectivity index is 1.87. The van der Waals surface area contributed by atoms with E-state index in [9.17, 15) is 8.42 Å². The summed E-state index contributed by atoms with van der Waals surface area (Å²) in [7, 11) is -3.23. The number of rotatable bonds is 5. The fourth-order valence-electron chi connectivity index (χ4n) is 2.47. The van der Waals surface area contributed by atoms with Crippen LogP contribution in [-0.2, 0) is 15.8 Å². The molecule has 1 fully saturated rings. The first-order valence-electron chi connectivity index (χ1n) is 6.72. The smallest absolute Gasteiger partial charge is 0.215 e. The molecule has 19 heavy (non-hydrogen) atoms. The maximum Gasteiger partial charge on any atom is 0.215 e. The Labute approximate surface area is 124 Å². The molecule has 0 saturated heterocycles. The van der Waals surface area contributed by atoms with E-state index in [0.717, 1.165) is 18.4 Å². The minimum Gasteiger partial charge on any atom is -0.215 e. The quantitative estimate of drug-likeness (QED) is 0.833. The van der Waals surface area contributed by atoms with Crippen molar-refractivity contribution in [1.82, 2.24) is 4.72 Å². The van der Waals surface area contributed by atoms with Crippen LogP contribution in [0.25, 0.3) is 0 Å². The molecule has 3 nitrogen and oxygen atoms in total. The van der Waals surface area contributed by atoms with Crippen molar-refractivity contribution in [3.05, 3.63) is 35.9 Å². The van der Waals surface area contributed by atoms with Crippen LogP contribution < -0.4 is 4.72 Å². The first-order chi connectivity index (χ1) is 9.07. The van der Waals surface area contributed by atoms with Crippen molar-refractivity contribution >= 4 is 26.0 Å². The molecule has 5 heteroatoms. The van der Waals surface area contributed by atoms with Gasteiger partial charge in [0.25, 0.3) is 0 Å². The summed E-state index contributed by atoms with van der Waals surface area (Å²) in [6.07, 6.45) is 4.69. The van der Waals surface area contributed by atoms with Crippen LogP contribution in [0, 0.1) is 5.92 Å². The molecule has 0 bridgehead atoms. The summed E-state index contributed by atoms with van der Waals surface area (Å²) in [4.78, 5) is 0.445. The molecule has 1 saturated carbocycles. The minimum atomic E-state index is -3.23.